The van der Waals surface area contributed by atoms with Crippen LogP contribution < -0.4 is 10.6 Å². The maximum atomic E-state index is 12.7. The molecule has 0 radical (unpaired) electrons. The van der Waals surface area contributed by atoms with Gasteiger partial charge in [-0.05, 0) is 30.5 Å². The highest BCUT2D eigenvalue weighted by Gasteiger charge is 2.23. The van der Waals surface area contributed by atoms with Crippen molar-refractivity contribution >= 4 is 11.8 Å². The minimum absolute atomic E-state index is 0.0705. The van der Waals surface area contributed by atoms with Gasteiger partial charge < -0.3 is 15.4 Å². The average molecular weight is 352 g/mol. The number of carbonyl (C=O) groups excluding carboxylic acids is 2. The lowest BCUT2D eigenvalue weighted by molar-refractivity contribution is -0.123. The quantitative estimate of drug-likeness (QED) is 0.804. The summed E-state index contributed by atoms with van der Waals surface area (Å²) in [5.41, 5.74) is 1.54. The first-order valence-corrected chi connectivity index (χ1v) is 9.01. The van der Waals surface area contributed by atoms with Gasteiger partial charge in [0, 0.05) is 25.1 Å². The largest absolute Gasteiger partial charge is 0.376 e. The van der Waals surface area contributed by atoms with Gasteiger partial charge in [-0.2, -0.15) is 0 Å². The van der Waals surface area contributed by atoms with Crippen LogP contribution in [0.1, 0.15) is 28.8 Å². The van der Waals surface area contributed by atoms with Crippen LogP contribution in [0.15, 0.2) is 60.7 Å². The Morgan fingerprint density at radius 2 is 1.73 bits per heavy atom. The highest BCUT2D eigenvalue weighted by Crippen LogP contribution is 2.11. The summed E-state index contributed by atoms with van der Waals surface area (Å²) < 4.78 is 5.55. The topological polar surface area (TPSA) is 67.4 Å². The maximum Gasteiger partial charge on any atom is 0.251 e. The molecule has 0 aromatic heterocycles. The summed E-state index contributed by atoms with van der Waals surface area (Å²) in [6.07, 6.45) is 2.50. The van der Waals surface area contributed by atoms with E-state index in [1.807, 2.05) is 36.4 Å². The van der Waals surface area contributed by atoms with Crippen molar-refractivity contribution in [1.29, 1.82) is 0 Å². The first kappa shape index (κ1) is 18.1. The lowest BCUT2D eigenvalue weighted by atomic mass is 10.0. The van der Waals surface area contributed by atoms with E-state index in [0.29, 0.717) is 18.5 Å². The zero-order valence-corrected chi connectivity index (χ0v) is 14.7. The number of benzene rings is 2. The van der Waals surface area contributed by atoms with Gasteiger partial charge in [-0.25, -0.2) is 0 Å². The van der Waals surface area contributed by atoms with Gasteiger partial charge in [-0.15, -0.1) is 0 Å². The van der Waals surface area contributed by atoms with Crippen LogP contribution in [-0.4, -0.2) is 37.1 Å². The van der Waals surface area contributed by atoms with E-state index in [4.69, 9.17) is 4.74 Å². The summed E-state index contributed by atoms with van der Waals surface area (Å²) in [6, 6.07) is 18.0. The van der Waals surface area contributed by atoms with Crippen molar-refractivity contribution in [2.75, 3.05) is 13.2 Å². The van der Waals surface area contributed by atoms with Crippen molar-refractivity contribution in [3.63, 3.8) is 0 Å². The van der Waals surface area contributed by atoms with Crippen molar-refractivity contribution in [3.05, 3.63) is 71.8 Å². The number of hydrogen-bond donors (Lipinski definition) is 2. The molecule has 1 aliphatic rings. The summed E-state index contributed by atoms with van der Waals surface area (Å²) in [4.78, 5) is 25.2. The Balaban J connectivity index is 1.66. The van der Waals surface area contributed by atoms with Crippen molar-refractivity contribution in [2.45, 2.75) is 31.4 Å². The number of carbonyl (C=O) groups is 2. The third kappa shape index (κ3) is 5.17. The number of amides is 2. The molecule has 1 saturated heterocycles. The Kier molecular flexibility index (Phi) is 6.39. The van der Waals surface area contributed by atoms with Crippen LogP contribution in [0.25, 0.3) is 0 Å². The van der Waals surface area contributed by atoms with Crippen LogP contribution in [0, 0.1) is 0 Å². The molecule has 2 amide bonds. The van der Waals surface area contributed by atoms with Crippen LogP contribution in [-0.2, 0) is 16.0 Å². The standard InChI is InChI=1S/C21H24N2O3/c24-20(17-10-5-2-6-11-17)23-19(14-16-8-3-1-4-9-16)21(25)22-15-18-12-7-13-26-18/h1-6,8-11,18-19H,7,12-15H2,(H,22,25)(H,23,24)/t18-,19-/m1/s1. The molecule has 1 fully saturated rings. The summed E-state index contributed by atoms with van der Waals surface area (Å²) in [5, 5.41) is 5.79. The fourth-order valence-corrected chi connectivity index (χ4v) is 3.03. The number of rotatable bonds is 7. The van der Waals surface area contributed by atoms with Crippen LogP contribution in [0.5, 0.6) is 0 Å². The van der Waals surface area contributed by atoms with Crippen molar-refractivity contribution in [1.82, 2.24) is 10.6 Å². The molecule has 5 heteroatoms. The highest BCUT2D eigenvalue weighted by atomic mass is 16.5. The normalized spacial score (nSPS) is 17.5. The van der Waals surface area contributed by atoms with Crippen LogP contribution >= 0.6 is 0 Å². The van der Waals surface area contributed by atoms with E-state index < -0.39 is 6.04 Å². The van der Waals surface area contributed by atoms with Crippen LogP contribution in [0.3, 0.4) is 0 Å². The number of nitrogens with one attached hydrogen (secondary N) is 2. The van der Waals surface area contributed by atoms with Gasteiger partial charge in [0.25, 0.3) is 5.91 Å². The summed E-state index contributed by atoms with van der Waals surface area (Å²) in [6.45, 7) is 1.23. The molecule has 0 bridgehead atoms. The van der Waals surface area contributed by atoms with E-state index in [2.05, 4.69) is 10.6 Å². The van der Waals surface area contributed by atoms with Gasteiger partial charge in [-0.1, -0.05) is 48.5 Å². The second-order valence-corrected chi connectivity index (χ2v) is 6.46. The van der Waals surface area contributed by atoms with Crippen LogP contribution in [0.4, 0.5) is 0 Å². The molecule has 136 valence electrons. The molecule has 2 aromatic carbocycles. The lowest BCUT2D eigenvalue weighted by Gasteiger charge is -2.20. The average Bonchev–Trinajstić information content (AvgIpc) is 3.20. The Morgan fingerprint density at radius 1 is 1.04 bits per heavy atom. The molecular formula is C21H24N2O3. The summed E-state index contributed by atoms with van der Waals surface area (Å²) >= 11 is 0. The molecule has 0 aliphatic carbocycles. The molecule has 1 heterocycles. The zero-order chi connectivity index (χ0) is 18.2. The first-order chi connectivity index (χ1) is 12.7. The predicted octanol–water partition coefficient (Wildman–Crippen LogP) is 2.32. The third-order valence-electron chi connectivity index (χ3n) is 4.47. The zero-order valence-electron chi connectivity index (χ0n) is 14.7. The lowest BCUT2D eigenvalue weighted by Crippen LogP contribution is -2.49. The van der Waals surface area contributed by atoms with Gasteiger partial charge in [0.15, 0.2) is 0 Å². The number of ether oxygens (including phenoxy) is 1. The molecule has 3 rings (SSSR count). The molecular weight excluding hydrogens is 328 g/mol. The van der Waals surface area contributed by atoms with E-state index >= 15 is 0 Å². The molecule has 26 heavy (non-hydrogen) atoms. The van der Waals surface area contributed by atoms with E-state index in [1.165, 1.54) is 0 Å². The van der Waals surface area contributed by atoms with E-state index in [9.17, 15) is 9.59 Å². The fraction of sp³-hybridized carbons (Fsp3) is 0.333. The maximum absolute atomic E-state index is 12.7. The monoisotopic (exact) mass is 352 g/mol. The summed E-state index contributed by atoms with van der Waals surface area (Å²) in [7, 11) is 0. The third-order valence-corrected chi connectivity index (χ3v) is 4.47. The van der Waals surface area contributed by atoms with E-state index in [1.54, 1.807) is 24.3 Å². The minimum Gasteiger partial charge on any atom is -0.376 e. The Hall–Kier alpha value is -2.66. The summed E-state index contributed by atoms with van der Waals surface area (Å²) in [5.74, 6) is -0.438. The van der Waals surface area contributed by atoms with Crippen molar-refractivity contribution in [2.24, 2.45) is 0 Å². The van der Waals surface area contributed by atoms with E-state index in [0.717, 1.165) is 25.0 Å². The first-order valence-electron chi connectivity index (χ1n) is 9.01. The molecule has 0 saturated carbocycles. The molecule has 2 atom stereocenters. The van der Waals surface area contributed by atoms with Gasteiger partial charge in [0.2, 0.25) is 5.91 Å². The fourth-order valence-electron chi connectivity index (χ4n) is 3.03. The van der Waals surface area contributed by atoms with Gasteiger partial charge in [0.1, 0.15) is 6.04 Å². The second kappa shape index (κ2) is 9.15. The smallest absolute Gasteiger partial charge is 0.251 e. The Labute approximate surface area is 153 Å². The molecule has 2 N–H and O–H groups in total. The minimum atomic E-state index is -0.633. The molecule has 2 aromatic rings. The van der Waals surface area contributed by atoms with Crippen molar-refractivity contribution < 1.29 is 14.3 Å². The SMILES string of the molecule is O=C(N[C@H](Cc1ccccc1)C(=O)NC[C@H]1CCCO1)c1ccccc1. The van der Waals surface area contributed by atoms with Gasteiger partial charge >= 0.3 is 0 Å². The number of hydrogen-bond acceptors (Lipinski definition) is 3. The van der Waals surface area contributed by atoms with Crippen LogP contribution in [0.2, 0.25) is 0 Å². The van der Waals surface area contributed by atoms with Gasteiger partial charge in [0.05, 0.1) is 6.10 Å². The van der Waals surface area contributed by atoms with E-state index in [-0.39, 0.29) is 17.9 Å². The highest BCUT2D eigenvalue weighted by molar-refractivity contribution is 5.97. The Morgan fingerprint density at radius 3 is 2.38 bits per heavy atom. The molecule has 1 aliphatic heterocycles. The van der Waals surface area contributed by atoms with Gasteiger partial charge in [-0.3, -0.25) is 9.59 Å². The second-order valence-electron chi connectivity index (χ2n) is 6.46. The Bertz CT molecular complexity index is 713. The molecule has 0 unspecified atom stereocenters. The molecule has 0 spiro atoms. The predicted molar refractivity (Wildman–Crippen MR) is 99.8 cm³/mol. The molecule has 5 nitrogen and oxygen atoms in total. The van der Waals surface area contributed by atoms with Crippen molar-refractivity contribution in [3.8, 4) is 0 Å².